The SMILES string of the molecule is Fc1cc2nc(-c3cncc(Cn4ccnc4)c3)n(Cc3ccc(Br)cc3)c2cc1Cl. The Morgan fingerprint density at radius 1 is 0.968 bits per heavy atom. The normalized spacial score (nSPS) is 11.3. The van der Waals surface area contributed by atoms with Crippen LogP contribution in [-0.2, 0) is 13.1 Å². The van der Waals surface area contributed by atoms with Gasteiger partial charge in [0.25, 0.3) is 0 Å². The Balaban J connectivity index is 1.63. The summed E-state index contributed by atoms with van der Waals surface area (Å²) in [5.74, 6) is 0.223. The number of rotatable bonds is 5. The van der Waals surface area contributed by atoms with Crippen LogP contribution in [0.25, 0.3) is 22.4 Å². The maximum Gasteiger partial charge on any atom is 0.144 e. The Labute approximate surface area is 191 Å². The van der Waals surface area contributed by atoms with Crippen LogP contribution in [0.4, 0.5) is 4.39 Å². The molecule has 0 aliphatic rings. The molecule has 3 heterocycles. The number of pyridine rings is 1. The third-order valence-electron chi connectivity index (χ3n) is 5.02. The average molecular weight is 497 g/mol. The van der Waals surface area contributed by atoms with E-state index in [-0.39, 0.29) is 5.02 Å². The molecule has 0 unspecified atom stereocenters. The summed E-state index contributed by atoms with van der Waals surface area (Å²) in [5, 5.41) is 0.0722. The van der Waals surface area contributed by atoms with E-state index in [1.807, 2.05) is 51.9 Å². The summed E-state index contributed by atoms with van der Waals surface area (Å²) in [5.41, 5.74) is 4.27. The van der Waals surface area contributed by atoms with E-state index in [2.05, 4.69) is 25.9 Å². The van der Waals surface area contributed by atoms with Crippen molar-refractivity contribution in [3.8, 4) is 11.4 Å². The van der Waals surface area contributed by atoms with Gasteiger partial charge in [0.15, 0.2) is 0 Å². The molecule has 0 aliphatic carbocycles. The van der Waals surface area contributed by atoms with E-state index in [0.29, 0.717) is 24.4 Å². The first-order valence-electron chi connectivity index (χ1n) is 9.56. The minimum absolute atomic E-state index is 0.0722. The maximum absolute atomic E-state index is 14.1. The van der Waals surface area contributed by atoms with Gasteiger partial charge in [-0.15, -0.1) is 0 Å². The van der Waals surface area contributed by atoms with Gasteiger partial charge in [0.2, 0.25) is 0 Å². The second-order valence-electron chi connectivity index (χ2n) is 7.22. The molecule has 0 atom stereocenters. The summed E-state index contributed by atoms with van der Waals surface area (Å²) in [6, 6.07) is 13.1. The molecule has 5 nitrogen and oxygen atoms in total. The van der Waals surface area contributed by atoms with E-state index in [1.165, 1.54) is 6.07 Å². The number of halogens is 3. The lowest BCUT2D eigenvalue weighted by molar-refractivity contribution is 0.629. The highest BCUT2D eigenvalue weighted by Crippen LogP contribution is 2.30. The Hall–Kier alpha value is -3.03. The minimum atomic E-state index is -0.485. The number of nitrogens with zero attached hydrogens (tertiary/aromatic N) is 5. The third-order valence-corrected chi connectivity index (χ3v) is 5.84. The van der Waals surface area contributed by atoms with Crippen LogP contribution < -0.4 is 0 Å². The van der Waals surface area contributed by atoms with Gasteiger partial charge in [0.05, 0.1) is 28.9 Å². The Bertz CT molecular complexity index is 1360. The first-order valence-corrected chi connectivity index (χ1v) is 10.7. The molecule has 0 fully saturated rings. The summed E-state index contributed by atoms with van der Waals surface area (Å²) >= 11 is 9.57. The van der Waals surface area contributed by atoms with Crippen LogP contribution in [0, 0.1) is 5.82 Å². The van der Waals surface area contributed by atoms with E-state index in [9.17, 15) is 4.39 Å². The molecule has 0 radical (unpaired) electrons. The minimum Gasteiger partial charge on any atom is -0.333 e. The summed E-state index contributed by atoms with van der Waals surface area (Å²) in [6.45, 7) is 1.21. The fourth-order valence-corrected chi connectivity index (χ4v) is 3.98. The highest BCUT2D eigenvalue weighted by Gasteiger charge is 2.16. The average Bonchev–Trinajstić information content (AvgIpc) is 3.39. The molecule has 0 spiro atoms. The van der Waals surface area contributed by atoms with Crippen molar-refractivity contribution in [3.63, 3.8) is 0 Å². The quantitative estimate of drug-likeness (QED) is 0.302. The van der Waals surface area contributed by atoms with Gasteiger partial charge in [-0.3, -0.25) is 4.98 Å². The number of fused-ring (bicyclic) bond motifs is 1. The zero-order valence-electron chi connectivity index (χ0n) is 16.2. The molecular formula is C23H16BrClFN5. The van der Waals surface area contributed by atoms with Crippen LogP contribution in [0.1, 0.15) is 11.1 Å². The van der Waals surface area contributed by atoms with Crippen LogP contribution in [0.5, 0.6) is 0 Å². The van der Waals surface area contributed by atoms with Crippen LogP contribution in [-0.4, -0.2) is 24.1 Å². The fraction of sp³-hybridized carbons (Fsp3) is 0.0870. The molecule has 3 aromatic heterocycles. The van der Waals surface area contributed by atoms with E-state index in [0.717, 1.165) is 26.7 Å². The van der Waals surface area contributed by atoms with E-state index >= 15 is 0 Å². The van der Waals surface area contributed by atoms with Gasteiger partial charge in [0, 0.05) is 47.4 Å². The van der Waals surface area contributed by atoms with Crippen molar-refractivity contribution in [3.05, 3.63) is 100 Å². The molecule has 0 bridgehead atoms. The second kappa shape index (κ2) is 8.24. The van der Waals surface area contributed by atoms with Gasteiger partial charge >= 0.3 is 0 Å². The first kappa shape index (κ1) is 19.9. The van der Waals surface area contributed by atoms with Gasteiger partial charge in [-0.05, 0) is 35.4 Å². The summed E-state index contributed by atoms with van der Waals surface area (Å²) in [4.78, 5) is 13.2. The highest BCUT2D eigenvalue weighted by molar-refractivity contribution is 9.10. The Morgan fingerprint density at radius 2 is 1.81 bits per heavy atom. The predicted octanol–water partition coefficient (Wildman–Crippen LogP) is 5.95. The van der Waals surface area contributed by atoms with Gasteiger partial charge in [-0.1, -0.05) is 39.7 Å². The summed E-state index contributed by atoms with van der Waals surface area (Å²) in [6.07, 6.45) is 9.00. The van der Waals surface area contributed by atoms with Crippen LogP contribution in [0.15, 0.2) is 78.1 Å². The van der Waals surface area contributed by atoms with Gasteiger partial charge in [-0.25, -0.2) is 14.4 Å². The van der Waals surface area contributed by atoms with Crippen molar-refractivity contribution in [2.24, 2.45) is 0 Å². The number of imidazole rings is 2. The van der Waals surface area contributed by atoms with Crippen LogP contribution in [0.2, 0.25) is 5.02 Å². The molecule has 0 amide bonds. The third kappa shape index (κ3) is 4.11. The summed E-state index contributed by atoms with van der Waals surface area (Å²) < 4.78 is 19.2. The summed E-state index contributed by atoms with van der Waals surface area (Å²) in [7, 11) is 0. The number of aromatic nitrogens is 5. The molecule has 31 heavy (non-hydrogen) atoms. The molecule has 5 rings (SSSR count). The topological polar surface area (TPSA) is 48.5 Å². The lowest BCUT2D eigenvalue weighted by Crippen LogP contribution is -2.03. The molecule has 0 saturated heterocycles. The number of hydrogen-bond acceptors (Lipinski definition) is 3. The standard InChI is InChI=1S/C23H16BrClFN5/c24-18-3-1-15(2-4-18)13-31-22-8-19(25)20(26)9-21(22)29-23(31)17-7-16(10-28-11-17)12-30-6-5-27-14-30/h1-11,14H,12-13H2. The molecule has 0 saturated carbocycles. The van der Waals surface area contributed by atoms with Crippen molar-refractivity contribution in [1.29, 1.82) is 0 Å². The lowest BCUT2D eigenvalue weighted by atomic mass is 10.1. The largest absolute Gasteiger partial charge is 0.333 e. The zero-order valence-corrected chi connectivity index (χ0v) is 18.6. The number of hydrogen-bond donors (Lipinski definition) is 0. The molecule has 0 aliphatic heterocycles. The molecular weight excluding hydrogens is 481 g/mol. The highest BCUT2D eigenvalue weighted by atomic mass is 79.9. The number of benzene rings is 2. The first-order chi connectivity index (χ1) is 15.1. The Kier molecular flexibility index (Phi) is 5.29. The molecule has 2 aromatic carbocycles. The maximum atomic E-state index is 14.1. The van der Waals surface area contributed by atoms with Crippen LogP contribution >= 0.6 is 27.5 Å². The monoisotopic (exact) mass is 495 g/mol. The van der Waals surface area contributed by atoms with Crippen molar-refractivity contribution >= 4 is 38.6 Å². The van der Waals surface area contributed by atoms with Crippen molar-refractivity contribution in [2.75, 3.05) is 0 Å². The van der Waals surface area contributed by atoms with Gasteiger partial charge in [-0.2, -0.15) is 0 Å². The second-order valence-corrected chi connectivity index (χ2v) is 8.54. The van der Waals surface area contributed by atoms with Gasteiger partial charge in [0.1, 0.15) is 11.6 Å². The Morgan fingerprint density at radius 3 is 2.58 bits per heavy atom. The van der Waals surface area contributed by atoms with E-state index in [4.69, 9.17) is 16.6 Å². The molecule has 5 aromatic rings. The molecule has 154 valence electrons. The van der Waals surface area contributed by atoms with Crippen molar-refractivity contribution < 1.29 is 4.39 Å². The van der Waals surface area contributed by atoms with Crippen molar-refractivity contribution in [2.45, 2.75) is 13.1 Å². The fourth-order valence-electron chi connectivity index (χ4n) is 3.56. The zero-order chi connectivity index (χ0) is 21.4. The molecule has 8 heteroatoms. The lowest BCUT2D eigenvalue weighted by Gasteiger charge is -2.11. The predicted molar refractivity (Wildman–Crippen MR) is 123 cm³/mol. The molecule has 0 N–H and O–H groups in total. The van der Waals surface area contributed by atoms with Crippen LogP contribution in [0.3, 0.4) is 0 Å². The van der Waals surface area contributed by atoms with E-state index in [1.54, 1.807) is 24.8 Å². The van der Waals surface area contributed by atoms with Gasteiger partial charge < -0.3 is 9.13 Å². The van der Waals surface area contributed by atoms with E-state index < -0.39 is 5.82 Å². The van der Waals surface area contributed by atoms with Crippen molar-refractivity contribution in [1.82, 2.24) is 24.1 Å². The smallest absolute Gasteiger partial charge is 0.144 e.